The lowest BCUT2D eigenvalue weighted by molar-refractivity contribution is 0.442. The van der Waals surface area contributed by atoms with E-state index in [-0.39, 0.29) is 11.6 Å². The monoisotopic (exact) mass is 273 g/mol. The zero-order valence-corrected chi connectivity index (χ0v) is 11.9. The van der Waals surface area contributed by atoms with Crippen LogP contribution in [0.1, 0.15) is 31.9 Å². The average molecular weight is 273 g/mol. The summed E-state index contributed by atoms with van der Waals surface area (Å²) in [5.41, 5.74) is 1.19. The highest BCUT2D eigenvalue weighted by Crippen LogP contribution is 2.25. The number of benzene rings is 2. The zero-order chi connectivity index (χ0) is 14.4. The number of rotatable bonds is 6. The van der Waals surface area contributed by atoms with Crippen molar-refractivity contribution in [1.82, 2.24) is 5.32 Å². The van der Waals surface area contributed by atoms with Gasteiger partial charge in [-0.25, -0.2) is 4.39 Å². The molecule has 3 heteroatoms. The molecule has 0 aliphatic heterocycles. The van der Waals surface area contributed by atoms with Crippen LogP contribution < -0.4 is 10.1 Å². The van der Waals surface area contributed by atoms with E-state index in [2.05, 4.69) is 19.2 Å². The molecule has 2 aromatic carbocycles. The topological polar surface area (TPSA) is 21.3 Å². The van der Waals surface area contributed by atoms with Crippen molar-refractivity contribution in [2.75, 3.05) is 6.54 Å². The summed E-state index contributed by atoms with van der Waals surface area (Å²) in [5.74, 6) is 0.536. The van der Waals surface area contributed by atoms with Crippen molar-refractivity contribution in [3.05, 3.63) is 59.9 Å². The van der Waals surface area contributed by atoms with Crippen LogP contribution in [0.2, 0.25) is 0 Å². The molecule has 0 saturated heterocycles. The van der Waals surface area contributed by atoms with Crippen molar-refractivity contribution in [2.24, 2.45) is 0 Å². The maximum absolute atomic E-state index is 13.5. The largest absolute Gasteiger partial charge is 0.454 e. The van der Waals surface area contributed by atoms with Gasteiger partial charge in [0.15, 0.2) is 11.6 Å². The molecule has 0 aliphatic rings. The molecule has 0 aliphatic carbocycles. The van der Waals surface area contributed by atoms with Gasteiger partial charge in [-0.3, -0.25) is 0 Å². The predicted octanol–water partition coefficient (Wildman–Crippen LogP) is 4.68. The summed E-state index contributed by atoms with van der Waals surface area (Å²) in [6, 6.07) is 14.5. The van der Waals surface area contributed by atoms with Crippen LogP contribution in [-0.2, 0) is 0 Å². The first-order chi connectivity index (χ1) is 9.70. The molecule has 0 amide bonds. The Morgan fingerprint density at radius 1 is 1.10 bits per heavy atom. The maximum Gasteiger partial charge on any atom is 0.165 e. The Morgan fingerprint density at radius 2 is 1.80 bits per heavy atom. The first-order valence-electron chi connectivity index (χ1n) is 6.96. The molecule has 0 bridgehead atoms. The van der Waals surface area contributed by atoms with Crippen LogP contribution >= 0.6 is 0 Å². The van der Waals surface area contributed by atoms with E-state index in [4.69, 9.17) is 4.74 Å². The van der Waals surface area contributed by atoms with Crippen LogP contribution in [0.5, 0.6) is 11.5 Å². The van der Waals surface area contributed by atoms with Crippen LogP contribution in [-0.4, -0.2) is 6.54 Å². The highest BCUT2D eigenvalue weighted by atomic mass is 19.1. The van der Waals surface area contributed by atoms with E-state index in [1.807, 2.05) is 24.3 Å². The predicted molar refractivity (Wildman–Crippen MR) is 79.6 cm³/mol. The molecule has 1 N–H and O–H groups in total. The smallest absolute Gasteiger partial charge is 0.165 e. The van der Waals surface area contributed by atoms with Gasteiger partial charge in [0.2, 0.25) is 0 Å². The highest BCUT2D eigenvalue weighted by Gasteiger charge is 2.06. The third-order valence-electron chi connectivity index (χ3n) is 3.15. The molecule has 0 radical (unpaired) electrons. The van der Waals surface area contributed by atoms with Crippen LogP contribution in [0.3, 0.4) is 0 Å². The molecule has 0 fully saturated rings. The Balaban J connectivity index is 2.03. The number of hydrogen-bond acceptors (Lipinski definition) is 2. The fraction of sp³-hybridized carbons (Fsp3) is 0.294. The van der Waals surface area contributed by atoms with E-state index in [0.717, 1.165) is 13.0 Å². The molecule has 0 spiro atoms. The number of nitrogens with one attached hydrogen (secondary N) is 1. The second-order valence-corrected chi connectivity index (χ2v) is 4.78. The normalized spacial score (nSPS) is 12.2. The van der Waals surface area contributed by atoms with Gasteiger partial charge in [0.05, 0.1) is 0 Å². The summed E-state index contributed by atoms with van der Waals surface area (Å²) in [7, 11) is 0. The molecule has 2 rings (SSSR count). The lowest BCUT2D eigenvalue weighted by atomic mass is 10.1. The second kappa shape index (κ2) is 7.06. The van der Waals surface area contributed by atoms with Crippen LogP contribution in [0.4, 0.5) is 4.39 Å². The first kappa shape index (κ1) is 14.5. The molecule has 0 heterocycles. The van der Waals surface area contributed by atoms with E-state index in [9.17, 15) is 4.39 Å². The Labute approximate surface area is 119 Å². The fourth-order valence-corrected chi connectivity index (χ4v) is 1.96. The fourth-order valence-electron chi connectivity index (χ4n) is 1.96. The van der Waals surface area contributed by atoms with Crippen molar-refractivity contribution >= 4 is 0 Å². The third-order valence-corrected chi connectivity index (χ3v) is 3.15. The second-order valence-electron chi connectivity index (χ2n) is 4.78. The minimum Gasteiger partial charge on any atom is -0.454 e. The Bertz CT molecular complexity index is 539. The first-order valence-corrected chi connectivity index (χ1v) is 6.96. The number of ether oxygens (including phenoxy) is 1. The molecular formula is C17H20FNO. The quantitative estimate of drug-likeness (QED) is 0.825. The maximum atomic E-state index is 13.5. The summed E-state index contributed by atoms with van der Waals surface area (Å²) < 4.78 is 19.0. The summed E-state index contributed by atoms with van der Waals surface area (Å²) in [4.78, 5) is 0. The molecule has 2 nitrogen and oxygen atoms in total. The molecular weight excluding hydrogens is 253 g/mol. The Kier molecular flexibility index (Phi) is 5.13. The highest BCUT2D eigenvalue weighted by molar-refractivity contribution is 5.34. The van der Waals surface area contributed by atoms with E-state index in [1.165, 1.54) is 11.6 Å². The van der Waals surface area contributed by atoms with Gasteiger partial charge in [0, 0.05) is 6.04 Å². The SMILES string of the molecule is CCCNC(C)c1ccc(Oc2ccccc2F)cc1. The van der Waals surface area contributed by atoms with Crippen molar-refractivity contribution < 1.29 is 9.13 Å². The standard InChI is InChI=1S/C17H20FNO/c1-3-12-19-13(2)14-8-10-15(11-9-14)20-17-7-5-4-6-16(17)18/h4-11,13,19H,3,12H2,1-2H3. The molecule has 2 aromatic rings. The Hall–Kier alpha value is -1.87. The number of para-hydroxylation sites is 1. The zero-order valence-electron chi connectivity index (χ0n) is 11.9. The van der Waals surface area contributed by atoms with Gasteiger partial charge in [-0.05, 0) is 49.7 Å². The van der Waals surface area contributed by atoms with Crippen molar-refractivity contribution in [2.45, 2.75) is 26.3 Å². The Morgan fingerprint density at radius 3 is 2.45 bits per heavy atom. The molecule has 0 aromatic heterocycles. The molecule has 1 unspecified atom stereocenters. The molecule has 1 atom stereocenters. The van der Waals surface area contributed by atoms with Gasteiger partial charge in [-0.1, -0.05) is 31.2 Å². The van der Waals surface area contributed by atoms with Gasteiger partial charge in [0.1, 0.15) is 5.75 Å². The van der Waals surface area contributed by atoms with Gasteiger partial charge < -0.3 is 10.1 Å². The van der Waals surface area contributed by atoms with Gasteiger partial charge in [0.25, 0.3) is 0 Å². The van der Waals surface area contributed by atoms with Crippen LogP contribution in [0.15, 0.2) is 48.5 Å². The molecule has 20 heavy (non-hydrogen) atoms. The summed E-state index contributed by atoms with van der Waals surface area (Å²) in [5, 5.41) is 3.43. The van der Waals surface area contributed by atoms with E-state index in [1.54, 1.807) is 18.2 Å². The van der Waals surface area contributed by atoms with Gasteiger partial charge in [-0.15, -0.1) is 0 Å². The lowest BCUT2D eigenvalue weighted by Crippen LogP contribution is -2.19. The van der Waals surface area contributed by atoms with E-state index < -0.39 is 0 Å². The summed E-state index contributed by atoms with van der Waals surface area (Å²) in [6.45, 7) is 5.27. The van der Waals surface area contributed by atoms with Crippen molar-refractivity contribution in [3.8, 4) is 11.5 Å². The third kappa shape index (κ3) is 3.81. The number of halogens is 1. The van der Waals surface area contributed by atoms with Crippen molar-refractivity contribution in [1.29, 1.82) is 0 Å². The van der Waals surface area contributed by atoms with E-state index in [0.29, 0.717) is 11.8 Å². The van der Waals surface area contributed by atoms with E-state index >= 15 is 0 Å². The van der Waals surface area contributed by atoms with Gasteiger partial charge in [-0.2, -0.15) is 0 Å². The molecule has 106 valence electrons. The number of hydrogen-bond donors (Lipinski definition) is 1. The summed E-state index contributed by atoms with van der Waals surface area (Å²) >= 11 is 0. The van der Waals surface area contributed by atoms with Crippen molar-refractivity contribution in [3.63, 3.8) is 0 Å². The van der Waals surface area contributed by atoms with Crippen LogP contribution in [0.25, 0.3) is 0 Å². The minimum atomic E-state index is -0.352. The van der Waals surface area contributed by atoms with Gasteiger partial charge >= 0.3 is 0 Å². The minimum absolute atomic E-state index is 0.248. The lowest BCUT2D eigenvalue weighted by Gasteiger charge is -2.14. The summed E-state index contributed by atoms with van der Waals surface area (Å²) in [6.07, 6.45) is 1.11. The average Bonchev–Trinajstić information content (AvgIpc) is 2.48. The molecule has 0 saturated carbocycles. The van der Waals surface area contributed by atoms with Crippen LogP contribution in [0, 0.1) is 5.82 Å².